The molecular formula is C23H18ClF6N3O5. The van der Waals surface area contributed by atoms with Gasteiger partial charge in [-0.1, -0.05) is 24.6 Å². The first-order chi connectivity index (χ1) is 17.4. The minimum absolute atomic E-state index is 0.0399. The van der Waals surface area contributed by atoms with Gasteiger partial charge in [0.05, 0.1) is 0 Å². The number of aromatic nitrogens is 3. The van der Waals surface area contributed by atoms with E-state index in [0.29, 0.717) is 6.20 Å². The number of pyridine rings is 1. The molecule has 0 amide bonds. The zero-order valence-corrected chi connectivity index (χ0v) is 20.4. The number of alkyl halides is 6. The molecule has 15 heteroatoms. The molecule has 0 spiro atoms. The average Bonchev–Trinajstić information content (AvgIpc) is 2.80. The number of benzene rings is 1. The number of aryl methyl sites for hydroxylation is 2. The van der Waals surface area contributed by atoms with E-state index in [1.54, 1.807) is 0 Å². The van der Waals surface area contributed by atoms with E-state index < -0.39 is 58.2 Å². The third kappa shape index (κ3) is 5.31. The van der Waals surface area contributed by atoms with Crippen LogP contribution in [0.15, 0.2) is 41.5 Å². The fourth-order valence-corrected chi connectivity index (χ4v) is 4.12. The van der Waals surface area contributed by atoms with E-state index in [4.69, 9.17) is 21.4 Å². The molecule has 2 aromatic heterocycles. The predicted molar refractivity (Wildman–Crippen MR) is 120 cm³/mol. The van der Waals surface area contributed by atoms with Crippen LogP contribution in [-0.4, -0.2) is 36.9 Å². The van der Waals surface area contributed by atoms with E-state index in [2.05, 4.69) is 9.97 Å². The predicted octanol–water partition coefficient (Wildman–Crippen LogP) is 5.20. The number of aromatic carboxylic acids is 1. The van der Waals surface area contributed by atoms with E-state index in [-0.39, 0.29) is 21.9 Å². The number of carbonyl (C=O) groups is 1. The molecule has 0 saturated carbocycles. The van der Waals surface area contributed by atoms with Crippen LogP contribution in [0.5, 0.6) is 11.8 Å². The summed E-state index contributed by atoms with van der Waals surface area (Å²) < 4.78 is 88.4. The number of carboxylic acid groups (broad SMARTS) is 1. The standard InChI is InChI=1S/C23H18ClF6N3O5/c1-10-6-12(9-33(3)18(10)34)21(37,23(28,29)30)11(2)14-5-4-13(7-16(14)24)38-20-31-8-15(19(35)36)17(32-20)22(25,26)27/h4-9,11,37H,1-3H3,(H,35,36)/t11-,21-/m0/s1. The molecule has 2 atom stereocenters. The van der Waals surface area contributed by atoms with E-state index in [0.717, 1.165) is 42.0 Å². The number of nitrogens with zero attached hydrogens (tertiary/aromatic N) is 3. The van der Waals surface area contributed by atoms with E-state index in [1.807, 2.05) is 0 Å². The molecule has 0 saturated heterocycles. The highest BCUT2D eigenvalue weighted by atomic mass is 35.5. The van der Waals surface area contributed by atoms with Gasteiger partial charge in [-0.15, -0.1) is 0 Å². The number of rotatable bonds is 6. The van der Waals surface area contributed by atoms with Crippen LogP contribution in [0.1, 0.15) is 45.6 Å². The molecule has 3 aromatic rings. The summed E-state index contributed by atoms with van der Waals surface area (Å²) in [6.07, 6.45) is -9.11. The Morgan fingerprint density at radius 2 is 1.79 bits per heavy atom. The van der Waals surface area contributed by atoms with Crippen molar-refractivity contribution in [2.45, 2.75) is 37.7 Å². The minimum Gasteiger partial charge on any atom is -0.478 e. The Morgan fingerprint density at radius 3 is 2.29 bits per heavy atom. The Kier molecular flexibility index (Phi) is 7.54. The molecule has 0 aliphatic rings. The van der Waals surface area contributed by atoms with Crippen molar-refractivity contribution < 1.29 is 46.1 Å². The molecule has 0 bridgehead atoms. The number of hydrogen-bond donors (Lipinski definition) is 2. The fraction of sp³-hybridized carbons (Fsp3) is 0.304. The normalized spacial score (nSPS) is 14.6. The third-order valence-corrected chi connectivity index (χ3v) is 6.10. The summed E-state index contributed by atoms with van der Waals surface area (Å²) in [6.45, 7) is 2.35. The van der Waals surface area contributed by atoms with Crippen LogP contribution in [0, 0.1) is 6.92 Å². The van der Waals surface area contributed by atoms with Crippen LogP contribution in [0.4, 0.5) is 26.3 Å². The van der Waals surface area contributed by atoms with Gasteiger partial charge in [-0.05, 0) is 30.7 Å². The maximum Gasteiger partial charge on any atom is 0.434 e. The van der Waals surface area contributed by atoms with Gasteiger partial charge >= 0.3 is 24.3 Å². The molecule has 2 heterocycles. The zero-order chi connectivity index (χ0) is 28.8. The SMILES string of the molecule is Cc1cc([C@@](O)([C@@H](C)c2ccc(Oc3ncc(C(=O)O)c(C(F)(F)F)n3)cc2Cl)C(F)(F)F)cn(C)c1=O. The molecule has 2 N–H and O–H groups in total. The van der Waals surface area contributed by atoms with Crippen molar-refractivity contribution in [3.05, 3.63) is 80.0 Å². The minimum atomic E-state index is -5.22. The highest BCUT2D eigenvalue weighted by Crippen LogP contribution is 2.50. The van der Waals surface area contributed by atoms with Gasteiger partial charge in [0.25, 0.3) is 5.56 Å². The first-order valence-corrected chi connectivity index (χ1v) is 10.9. The summed E-state index contributed by atoms with van der Waals surface area (Å²) in [5, 5.41) is 19.6. The lowest BCUT2D eigenvalue weighted by Gasteiger charge is -2.37. The molecule has 1 aromatic carbocycles. The second-order valence-electron chi connectivity index (χ2n) is 8.32. The lowest BCUT2D eigenvalue weighted by Crippen LogP contribution is -2.47. The molecule has 0 fully saturated rings. The number of halogens is 7. The second kappa shape index (κ2) is 9.91. The lowest BCUT2D eigenvalue weighted by atomic mass is 9.78. The molecule has 204 valence electrons. The van der Waals surface area contributed by atoms with E-state index >= 15 is 0 Å². The Balaban J connectivity index is 2.02. The van der Waals surface area contributed by atoms with Gasteiger partial charge in [0.1, 0.15) is 11.3 Å². The van der Waals surface area contributed by atoms with Crippen molar-refractivity contribution in [3.63, 3.8) is 0 Å². The van der Waals surface area contributed by atoms with Gasteiger partial charge in [0.2, 0.25) is 0 Å². The maximum atomic E-state index is 14.3. The molecule has 0 radical (unpaired) electrons. The Hall–Kier alpha value is -3.65. The van der Waals surface area contributed by atoms with Gasteiger partial charge in [-0.3, -0.25) is 4.79 Å². The van der Waals surface area contributed by atoms with Gasteiger partial charge in [0, 0.05) is 41.5 Å². The quantitative estimate of drug-likeness (QED) is 0.395. The molecule has 0 aliphatic heterocycles. The smallest absolute Gasteiger partial charge is 0.434 e. The Bertz CT molecular complexity index is 1430. The van der Waals surface area contributed by atoms with Crippen molar-refractivity contribution in [2.75, 3.05) is 0 Å². The van der Waals surface area contributed by atoms with Crippen molar-refractivity contribution in [2.24, 2.45) is 7.05 Å². The Labute approximate surface area is 215 Å². The number of ether oxygens (including phenoxy) is 1. The van der Waals surface area contributed by atoms with Gasteiger partial charge in [-0.2, -0.15) is 31.3 Å². The van der Waals surface area contributed by atoms with Crippen molar-refractivity contribution in [1.82, 2.24) is 14.5 Å². The van der Waals surface area contributed by atoms with Crippen molar-refractivity contribution in [1.29, 1.82) is 0 Å². The monoisotopic (exact) mass is 565 g/mol. The van der Waals surface area contributed by atoms with Gasteiger partial charge < -0.3 is 19.5 Å². The summed E-state index contributed by atoms with van der Waals surface area (Å²) in [5.74, 6) is -3.93. The summed E-state index contributed by atoms with van der Waals surface area (Å²) >= 11 is 6.18. The van der Waals surface area contributed by atoms with Crippen LogP contribution < -0.4 is 10.3 Å². The zero-order valence-electron chi connectivity index (χ0n) is 19.6. The highest BCUT2D eigenvalue weighted by molar-refractivity contribution is 6.31. The van der Waals surface area contributed by atoms with Gasteiger partial charge in [-0.25, -0.2) is 9.78 Å². The van der Waals surface area contributed by atoms with Crippen LogP contribution in [-0.2, 0) is 18.8 Å². The number of hydrogen-bond acceptors (Lipinski definition) is 6. The first kappa shape index (κ1) is 28.9. The van der Waals surface area contributed by atoms with Crippen LogP contribution in [0.25, 0.3) is 0 Å². The molecule has 38 heavy (non-hydrogen) atoms. The number of carboxylic acids is 1. The average molecular weight is 566 g/mol. The first-order valence-electron chi connectivity index (χ1n) is 10.5. The van der Waals surface area contributed by atoms with Crippen molar-refractivity contribution in [3.8, 4) is 11.8 Å². The van der Waals surface area contributed by atoms with E-state index in [1.165, 1.54) is 14.0 Å². The second-order valence-corrected chi connectivity index (χ2v) is 8.72. The van der Waals surface area contributed by atoms with Gasteiger partial charge in [0.15, 0.2) is 11.3 Å². The van der Waals surface area contributed by atoms with Crippen LogP contribution in [0.2, 0.25) is 5.02 Å². The summed E-state index contributed by atoms with van der Waals surface area (Å²) in [7, 11) is 1.23. The van der Waals surface area contributed by atoms with E-state index in [9.17, 15) is 41.0 Å². The van der Waals surface area contributed by atoms with Crippen LogP contribution in [0.3, 0.4) is 0 Å². The Morgan fingerprint density at radius 1 is 1.16 bits per heavy atom. The summed E-state index contributed by atoms with van der Waals surface area (Å²) in [4.78, 5) is 29.5. The highest BCUT2D eigenvalue weighted by Gasteiger charge is 2.59. The summed E-state index contributed by atoms with van der Waals surface area (Å²) in [5.41, 5.74) is -7.89. The largest absolute Gasteiger partial charge is 0.478 e. The molecule has 8 nitrogen and oxygen atoms in total. The maximum absolute atomic E-state index is 14.3. The lowest BCUT2D eigenvalue weighted by molar-refractivity contribution is -0.274. The van der Waals surface area contributed by atoms with Crippen LogP contribution >= 0.6 is 11.6 Å². The van der Waals surface area contributed by atoms with Crippen molar-refractivity contribution >= 4 is 17.6 Å². The molecule has 3 rings (SSSR count). The number of aliphatic hydroxyl groups is 1. The third-order valence-electron chi connectivity index (χ3n) is 5.77. The summed E-state index contributed by atoms with van der Waals surface area (Å²) in [6, 6.07) is 3.12. The fourth-order valence-electron chi connectivity index (χ4n) is 3.79. The molecular weight excluding hydrogens is 548 g/mol. The molecule has 0 aliphatic carbocycles. The molecule has 0 unspecified atom stereocenters. The topological polar surface area (TPSA) is 115 Å².